The van der Waals surface area contributed by atoms with Crippen molar-refractivity contribution in [3.8, 4) is 28.9 Å². The van der Waals surface area contributed by atoms with Gasteiger partial charge in [0.2, 0.25) is 5.88 Å². The molecule has 0 amide bonds. The smallest absolute Gasteiger partial charge is 0.417 e. The van der Waals surface area contributed by atoms with E-state index in [1.54, 1.807) is 30.3 Å². The summed E-state index contributed by atoms with van der Waals surface area (Å²) in [5.41, 5.74) is 0.550. The molecule has 0 aliphatic heterocycles. The highest BCUT2D eigenvalue weighted by molar-refractivity contribution is 5.72. The summed E-state index contributed by atoms with van der Waals surface area (Å²) < 4.78 is 61.1. The molecule has 10 heteroatoms. The van der Waals surface area contributed by atoms with E-state index in [0.29, 0.717) is 48.0 Å². The number of aromatic nitrogens is 1. The van der Waals surface area contributed by atoms with Crippen molar-refractivity contribution >= 4 is 5.97 Å². The molecule has 0 aliphatic rings. The maximum atomic E-state index is 12.8. The van der Waals surface area contributed by atoms with E-state index in [2.05, 4.69) is 4.98 Å². The molecule has 1 N–H and O–H groups in total. The first-order valence-electron chi connectivity index (χ1n) is 11.6. The van der Waals surface area contributed by atoms with Gasteiger partial charge in [-0.15, -0.1) is 0 Å². The maximum Gasteiger partial charge on any atom is 0.417 e. The number of hydrogen-bond acceptors (Lipinski definition) is 6. The average molecular weight is 520 g/mol. The van der Waals surface area contributed by atoms with Gasteiger partial charge in [-0.3, -0.25) is 4.79 Å². The van der Waals surface area contributed by atoms with Crippen molar-refractivity contribution in [1.29, 1.82) is 0 Å². The second-order valence-electron chi connectivity index (χ2n) is 8.39. The first-order valence-corrected chi connectivity index (χ1v) is 11.6. The van der Waals surface area contributed by atoms with Crippen LogP contribution in [0, 0.1) is 0 Å². The van der Waals surface area contributed by atoms with E-state index in [1.165, 1.54) is 7.11 Å². The summed E-state index contributed by atoms with van der Waals surface area (Å²) in [5, 5.41) is 9.17. The number of ether oxygens (including phenoxy) is 4. The Bertz CT molecular complexity index is 1200. The molecule has 0 atom stereocenters. The highest BCUT2D eigenvalue weighted by Gasteiger charge is 2.30. The van der Waals surface area contributed by atoms with Gasteiger partial charge >= 0.3 is 12.1 Å². The highest BCUT2D eigenvalue weighted by atomic mass is 19.4. The van der Waals surface area contributed by atoms with Gasteiger partial charge in [0.05, 0.1) is 31.8 Å². The van der Waals surface area contributed by atoms with Crippen molar-refractivity contribution in [2.75, 3.05) is 13.7 Å². The number of hydrogen-bond donors (Lipinski definition) is 1. The summed E-state index contributed by atoms with van der Waals surface area (Å²) in [7, 11) is 1.49. The number of nitrogens with zero attached hydrogens (tertiary/aromatic N) is 1. The largest absolute Gasteiger partial charge is 0.493 e. The number of alkyl halides is 3. The molecule has 3 aromatic rings. The van der Waals surface area contributed by atoms with Crippen molar-refractivity contribution in [3.63, 3.8) is 0 Å². The third-order valence-electron chi connectivity index (χ3n) is 5.15. The lowest BCUT2D eigenvalue weighted by Crippen LogP contribution is -2.09. The van der Waals surface area contributed by atoms with Gasteiger partial charge in [0.15, 0.2) is 11.5 Å². The Kier molecular flexibility index (Phi) is 9.21. The number of carboxylic acids is 1. The number of methoxy groups -OCH3 is 1. The normalized spacial score (nSPS) is 11.3. The number of benzene rings is 2. The zero-order chi connectivity index (χ0) is 27.0. The van der Waals surface area contributed by atoms with Crippen LogP contribution >= 0.6 is 0 Å². The highest BCUT2D eigenvalue weighted by Crippen LogP contribution is 2.34. The zero-order valence-corrected chi connectivity index (χ0v) is 20.7. The third-order valence-corrected chi connectivity index (χ3v) is 5.15. The molecule has 37 heavy (non-hydrogen) atoms. The minimum atomic E-state index is -4.47. The van der Waals surface area contributed by atoms with Crippen molar-refractivity contribution in [2.24, 2.45) is 0 Å². The van der Waals surface area contributed by atoms with Crippen LogP contribution in [0.5, 0.6) is 28.9 Å². The van der Waals surface area contributed by atoms with Gasteiger partial charge in [0.1, 0.15) is 11.5 Å². The van der Waals surface area contributed by atoms with Gasteiger partial charge in [-0.25, -0.2) is 4.98 Å². The summed E-state index contributed by atoms with van der Waals surface area (Å²) in [6.07, 6.45) is -2.88. The number of aliphatic carboxylic acids is 1. The van der Waals surface area contributed by atoms with Crippen LogP contribution in [-0.4, -0.2) is 35.9 Å². The third kappa shape index (κ3) is 8.03. The monoisotopic (exact) mass is 519 g/mol. The van der Waals surface area contributed by atoms with Crippen LogP contribution in [0.25, 0.3) is 0 Å². The fourth-order valence-electron chi connectivity index (χ4n) is 3.52. The van der Waals surface area contributed by atoms with E-state index in [1.807, 2.05) is 19.9 Å². The summed E-state index contributed by atoms with van der Waals surface area (Å²) in [6, 6.07) is 12.3. The van der Waals surface area contributed by atoms with Crippen LogP contribution in [-0.2, 0) is 23.8 Å². The molecule has 7 nitrogen and oxygen atoms in total. The summed E-state index contributed by atoms with van der Waals surface area (Å²) in [5.74, 6) is 0.860. The fourth-order valence-corrected chi connectivity index (χ4v) is 3.52. The number of pyridine rings is 1. The second kappa shape index (κ2) is 12.3. The van der Waals surface area contributed by atoms with Crippen LogP contribution in [0.4, 0.5) is 13.2 Å². The van der Waals surface area contributed by atoms with E-state index < -0.39 is 17.7 Å². The second-order valence-corrected chi connectivity index (χ2v) is 8.39. The number of carbonyl (C=O) groups is 1. The molecule has 0 spiro atoms. The van der Waals surface area contributed by atoms with E-state index in [-0.39, 0.29) is 18.4 Å². The Morgan fingerprint density at radius 2 is 1.84 bits per heavy atom. The molecule has 0 saturated carbocycles. The SMILES string of the molecule is COc1cccc(CC(=O)O)c1OCCCc1ccc(Oc2ccc(C(F)(F)F)cn2)cc1OC(C)C. The predicted octanol–water partition coefficient (Wildman–Crippen LogP) is 6.33. The minimum Gasteiger partial charge on any atom is -0.493 e. The van der Waals surface area contributed by atoms with Gasteiger partial charge in [0.25, 0.3) is 0 Å². The summed E-state index contributed by atoms with van der Waals surface area (Å²) >= 11 is 0. The van der Waals surface area contributed by atoms with E-state index in [4.69, 9.17) is 24.1 Å². The summed E-state index contributed by atoms with van der Waals surface area (Å²) in [6.45, 7) is 4.06. The number of halogens is 3. The van der Waals surface area contributed by atoms with Gasteiger partial charge in [-0.05, 0) is 50.5 Å². The molecule has 0 aliphatic carbocycles. The van der Waals surface area contributed by atoms with Crippen LogP contribution < -0.4 is 18.9 Å². The first kappa shape index (κ1) is 27.6. The molecule has 0 bridgehead atoms. The Labute approximate surface area is 212 Å². The standard InChI is InChI=1S/C27H28F3NO6/c1-17(2)36-23-15-21(37-24-12-10-20(16-31-24)27(28,29)30)11-9-18(23)7-5-13-35-26-19(14-25(32)33)6-4-8-22(26)34-3/h4,6,8-12,15-17H,5,7,13-14H2,1-3H3,(H,32,33). The van der Waals surface area contributed by atoms with Gasteiger partial charge in [0, 0.05) is 23.9 Å². The molecule has 0 radical (unpaired) electrons. The minimum absolute atomic E-state index is 0.0265. The lowest BCUT2D eigenvalue weighted by molar-refractivity contribution is -0.138. The average Bonchev–Trinajstić information content (AvgIpc) is 2.82. The van der Waals surface area contributed by atoms with E-state index in [9.17, 15) is 18.0 Å². The van der Waals surface area contributed by atoms with Gasteiger partial charge in [-0.2, -0.15) is 13.2 Å². The van der Waals surface area contributed by atoms with Crippen LogP contribution in [0.1, 0.15) is 37.0 Å². The van der Waals surface area contributed by atoms with Crippen LogP contribution in [0.15, 0.2) is 54.7 Å². The Balaban J connectivity index is 1.68. The predicted molar refractivity (Wildman–Crippen MR) is 130 cm³/mol. The zero-order valence-electron chi connectivity index (χ0n) is 20.7. The van der Waals surface area contributed by atoms with Crippen molar-refractivity contribution in [1.82, 2.24) is 4.98 Å². The number of aryl methyl sites for hydroxylation is 1. The quantitative estimate of drug-likeness (QED) is 0.280. The number of para-hydroxylation sites is 1. The molecule has 1 heterocycles. The van der Waals surface area contributed by atoms with Crippen molar-refractivity contribution < 1.29 is 42.0 Å². The Morgan fingerprint density at radius 3 is 2.46 bits per heavy atom. The lowest BCUT2D eigenvalue weighted by Gasteiger charge is -2.17. The molecular weight excluding hydrogens is 491 g/mol. The van der Waals surface area contributed by atoms with Crippen LogP contribution in [0.2, 0.25) is 0 Å². The van der Waals surface area contributed by atoms with Crippen molar-refractivity contribution in [3.05, 3.63) is 71.4 Å². The fraction of sp³-hybridized carbons (Fsp3) is 0.333. The first-order chi connectivity index (χ1) is 17.6. The molecule has 3 rings (SSSR count). The van der Waals surface area contributed by atoms with E-state index in [0.717, 1.165) is 23.9 Å². The maximum absolute atomic E-state index is 12.8. The van der Waals surface area contributed by atoms with Gasteiger partial charge in [-0.1, -0.05) is 18.2 Å². The number of rotatable bonds is 12. The molecule has 2 aromatic carbocycles. The Morgan fingerprint density at radius 1 is 1.05 bits per heavy atom. The molecule has 0 saturated heterocycles. The van der Waals surface area contributed by atoms with Gasteiger partial charge < -0.3 is 24.1 Å². The van der Waals surface area contributed by atoms with E-state index >= 15 is 0 Å². The van der Waals surface area contributed by atoms with Crippen LogP contribution in [0.3, 0.4) is 0 Å². The summed E-state index contributed by atoms with van der Waals surface area (Å²) in [4.78, 5) is 14.9. The molecule has 1 aromatic heterocycles. The topological polar surface area (TPSA) is 87.1 Å². The lowest BCUT2D eigenvalue weighted by atomic mass is 10.1. The number of carboxylic acid groups (broad SMARTS) is 1. The molecular formula is C27H28F3NO6. The Hall–Kier alpha value is -3.95. The molecule has 0 fully saturated rings. The molecule has 0 unspecified atom stereocenters. The molecule has 198 valence electrons. The van der Waals surface area contributed by atoms with Crippen molar-refractivity contribution in [2.45, 2.75) is 45.4 Å².